The van der Waals surface area contributed by atoms with Crippen LogP contribution in [0.3, 0.4) is 0 Å². The molecule has 5 heteroatoms. The van der Waals surface area contributed by atoms with Crippen molar-refractivity contribution in [3.8, 4) is 0 Å². The normalized spacial score (nSPS) is 17.6. The van der Waals surface area contributed by atoms with Crippen LogP contribution in [0.25, 0.3) is 0 Å². The Morgan fingerprint density at radius 3 is 2.35 bits per heavy atom. The zero-order chi connectivity index (χ0) is 15.0. The number of ether oxygens (including phenoxy) is 1. The van der Waals surface area contributed by atoms with Crippen molar-refractivity contribution >= 4 is 11.9 Å². The molecule has 1 N–H and O–H groups in total. The number of rotatable bonds is 7. The van der Waals surface area contributed by atoms with Gasteiger partial charge in [-0.1, -0.05) is 20.3 Å². The fraction of sp³-hybridized carbons (Fsp3) is 0.867. The fourth-order valence-corrected chi connectivity index (χ4v) is 3.03. The van der Waals surface area contributed by atoms with E-state index in [0.29, 0.717) is 6.54 Å². The van der Waals surface area contributed by atoms with Gasteiger partial charge in [0.2, 0.25) is 5.91 Å². The van der Waals surface area contributed by atoms with E-state index in [4.69, 9.17) is 4.74 Å². The minimum Gasteiger partial charge on any atom is -0.468 e. The number of nitrogens with zero attached hydrogens (tertiary/aromatic N) is 1. The van der Waals surface area contributed by atoms with E-state index in [1.165, 1.54) is 7.11 Å². The summed E-state index contributed by atoms with van der Waals surface area (Å²) in [6.45, 7) is 6.58. The number of esters is 1. The zero-order valence-electron chi connectivity index (χ0n) is 13.0. The van der Waals surface area contributed by atoms with Crippen molar-refractivity contribution in [3.05, 3.63) is 0 Å². The van der Waals surface area contributed by atoms with Crippen LogP contribution in [-0.4, -0.2) is 50.1 Å². The molecular formula is C15H28N2O3. The van der Waals surface area contributed by atoms with Crippen molar-refractivity contribution in [2.75, 3.05) is 33.3 Å². The van der Waals surface area contributed by atoms with Crippen LogP contribution in [-0.2, 0) is 14.3 Å². The summed E-state index contributed by atoms with van der Waals surface area (Å²) >= 11 is 0. The number of carbonyl (C=O) groups excluding carboxylic acids is 2. The molecule has 1 saturated heterocycles. The maximum atomic E-state index is 12.9. The number of hydrogen-bond donors (Lipinski definition) is 1. The number of amides is 1. The van der Waals surface area contributed by atoms with Crippen LogP contribution in [0.5, 0.6) is 0 Å². The Labute approximate surface area is 122 Å². The van der Waals surface area contributed by atoms with E-state index in [0.717, 1.165) is 45.2 Å². The highest BCUT2D eigenvalue weighted by Gasteiger charge is 2.41. The molecule has 116 valence electrons. The fourth-order valence-electron chi connectivity index (χ4n) is 3.03. The predicted molar refractivity (Wildman–Crippen MR) is 78.3 cm³/mol. The summed E-state index contributed by atoms with van der Waals surface area (Å²) in [5, 5.41) is 3.31. The van der Waals surface area contributed by atoms with Gasteiger partial charge in [0.05, 0.1) is 12.5 Å². The van der Waals surface area contributed by atoms with E-state index in [-0.39, 0.29) is 23.8 Å². The molecule has 1 amide bonds. The van der Waals surface area contributed by atoms with E-state index in [1.54, 1.807) is 4.90 Å². The third kappa shape index (κ3) is 4.20. The largest absolute Gasteiger partial charge is 0.468 e. The number of piperidine rings is 1. The second-order valence-electron chi connectivity index (χ2n) is 5.58. The average molecular weight is 284 g/mol. The van der Waals surface area contributed by atoms with E-state index in [2.05, 4.69) is 12.2 Å². The summed E-state index contributed by atoms with van der Waals surface area (Å²) in [6.07, 6.45) is 4.46. The lowest BCUT2D eigenvalue weighted by Crippen LogP contribution is -2.50. The maximum Gasteiger partial charge on any atom is 0.325 e. The highest BCUT2D eigenvalue weighted by Crippen LogP contribution is 2.36. The monoisotopic (exact) mass is 284 g/mol. The Hall–Kier alpha value is -1.10. The molecule has 0 bridgehead atoms. The summed E-state index contributed by atoms with van der Waals surface area (Å²) in [5.74, 6) is -0.208. The smallest absolute Gasteiger partial charge is 0.325 e. The molecule has 0 aromatic heterocycles. The molecule has 0 aliphatic carbocycles. The lowest BCUT2D eigenvalue weighted by atomic mass is 9.74. The van der Waals surface area contributed by atoms with Crippen LogP contribution in [0, 0.1) is 5.41 Å². The van der Waals surface area contributed by atoms with Gasteiger partial charge in [0, 0.05) is 6.54 Å². The SMILES string of the molecule is CCCN(CC(=O)OC)C(=O)C1(CCC)CCNCC1. The van der Waals surface area contributed by atoms with Crippen molar-refractivity contribution in [2.24, 2.45) is 5.41 Å². The Morgan fingerprint density at radius 2 is 1.85 bits per heavy atom. The highest BCUT2D eigenvalue weighted by molar-refractivity contribution is 5.86. The molecule has 5 nitrogen and oxygen atoms in total. The van der Waals surface area contributed by atoms with Crippen molar-refractivity contribution in [3.63, 3.8) is 0 Å². The first-order valence-electron chi connectivity index (χ1n) is 7.66. The van der Waals surface area contributed by atoms with E-state index < -0.39 is 0 Å². The van der Waals surface area contributed by atoms with Gasteiger partial charge in [-0.2, -0.15) is 0 Å². The first-order chi connectivity index (χ1) is 9.59. The van der Waals surface area contributed by atoms with Gasteiger partial charge in [-0.3, -0.25) is 9.59 Å². The number of hydrogen-bond acceptors (Lipinski definition) is 4. The van der Waals surface area contributed by atoms with Crippen LogP contribution in [0.15, 0.2) is 0 Å². The quantitative estimate of drug-likeness (QED) is 0.721. The van der Waals surface area contributed by atoms with Gasteiger partial charge in [-0.15, -0.1) is 0 Å². The van der Waals surface area contributed by atoms with Crippen molar-refractivity contribution < 1.29 is 14.3 Å². The molecule has 0 atom stereocenters. The lowest BCUT2D eigenvalue weighted by molar-refractivity contribution is -0.153. The van der Waals surface area contributed by atoms with Crippen LogP contribution in [0.2, 0.25) is 0 Å². The third-order valence-electron chi connectivity index (χ3n) is 4.07. The Kier molecular flexibility index (Phi) is 6.99. The molecule has 1 aliphatic rings. The maximum absolute atomic E-state index is 12.9. The topological polar surface area (TPSA) is 58.6 Å². The molecule has 1 aliphatic heterocycles. The molecule has 20 heavy (non-hydrogen) atoms. The van der Waals surface area contributed by atoms with E-state index in [1.807, 2.05) is 6.92 Å². The molecule has 0 aromatic carbocycles. The van der Waals surface area contributed by atoms with Gasteiger partial charge in [0.25, 0.3) is 0 Å². The molecule has 1 fully saturated rings. The summed E-state index contributed by atoms with van der Waals surface area (Å²) in [5.41, 5.74) is -0.289. The average Bonchev–Trinajstić information content (AvgIpc) is 2.47. The van der Waals surface area contributed by atoms with Crippen molar-refractivity contribution in [2.45, 2.75) is 46.0 Å². The molecule has 0 unspecified atom stereocenters. The third-order valence-corrected chi connectivity index (χ3v) is 4.07. The molecule has 1 rings (SSSR count). The van der Waals surface area contributed by atoms with Gasteiger partial charge in [-0.25, -0.2) is 0 Å². The zero-order valence-corrected chi connectivity index (χ0v) is 13.0. The van der Waals surface area contributed by atoms with E-state index in [9.17, 15) is 9.59 Å². The summed E-state index contributed by atoms with van der Waals surface area (Å²) in [4.78, 5) is 26.1. The van der Waals surface area contributed by atoms with Gasteiger partial charge in [0.15, 0.2) is 0 Å². The minimum atomic E-state index is -0.340. The van der Waals surface area contributed by atoms with Crippen LogP contribution < -0.4 is 5.32 Å². The summed E-state index contributed by atoms with van der Waals surface area (Å²) in [7, 11) is 1.36. The second-order valence-corrected chi connectivity index (χ2v) is 5.58. The molecular weight excluding hydrogens is 256 g/mol. The standard InChI is InChI=1S/C15H28N2O3/c1-4-6-15(7-9-16-10-8-15)14(19)17(11-5-2)12-13(18)20-3/h16H,4-12H2,1-3H3. The van der Waals surface area contributed by atoms with E-state index >= 15 is 0 Å². The number of methoxy groups -OCH3 is 1. The first kappa shape index (κ1) is 17.0. The summed E-state index contributed by atoms with van der Waals surface area (Å²) < 4.78 is 4.71. The van der Waals surface area contributed by atoms with Crippen LogP contribution in [0.1, 0.15) is 46.0 Å². The molecule has 0 radical (unpaired) electrons. The van der Waals surface area contributed by atoms with Crippen LogP contribution >= 0.6 is 0 Å². The summed E-state index contributed by atoms with van der Waals surface area (Å²) in [6, 6.07) is 0. The highest BCUT2D eigenvalue weighted by atomic mass is 16.5. The minimum absolute atomic E-state index is 0.0715. The van der Waals surface area contributed by atoms with Gasteiger partial charge >= 0.3 is 5.97 Å². The van der Waals surface area contributed by atoms with Gasteiger partial charge < -0.3 is 15.0 Å². The molecule has 0 spiro atoms. The first-order valence-corrected chi connectivity index (χ1v) is 7.66. The Bertz CT molecular complexity index is 320. The Balaban J connectivity index is 2.85. The Morgan fingerprint density at radius 1 is 1.20 bits per heavy atom. The lowest BCUT2D eigenvalue weighted by Gasteiger charge is -2.39. The number of nitrogens with one attached hydrogen (secondary N) is 1. The number of carbonyl (C=O) groups is 2. The van der Waals surface area contributed by atoms with Gasteiger partial charge in [0.1, 0.15) is 6.54 Å². The molecule has 0 aromatic rings. The van der Waals surface area contributed by atoms with Gasteiger partial charge in [-0.05, 0) is 38.8 Å². The van der Waals surface area contributed by atoms with Crippen LogP contribution in [0.4, 0.5) is 0 Å². The van der Waals surface area contributed by atoms with Crippen molar-refractivity contribution in [1.82, 2.24) is 10.2 Å². The second kappa shape index (κ2) is 8.25. The predicted octanol–water partition coefficient (Wildman–Crippen LogP) is 1.57. The molecule has 1 heterocycles. The van der Waals surface area contributed by atoms with Crippen molar-refractivity contribution in [1.29, 1.82) is 0 Å². The molecule has 0 saturated carbocycles.